The fourth-order valence-electron chi connectivity index (χ4n) is 1.40. The highest BCUT2D eigenvalue weighted by Crippen LogP contribution is 2.08. The fourth-order valence-corrected chi connectivity index (χ4v) is 1.40. The van der Waals surface area contributed by atoms with Gasteiger partial charge in [0.1, 0.15) is 5.60 Å². The highest BCUT2D eigenvalue weighted by atomic mass is 16.6. The summed E-state index contributed by atoms with van der Waals surface area (Å²) >= 11 is 0. The van der Waals surface area contributed by atoms with Crippen molar-refractivity contribution in [1.82, 2.24) is 10.6 Å². The van der Waals surface area contributed by atoms with Gasteiger partial charge in [-0.2, -0.15) is 0 Å². The number of alkyl carbamates (subject to hydrolysis) is 1. The highest BCUT2D eigenvalue weighted by molar-refractivity contribution is 5.75. The second kappa shape index (κ2) is 6.96. The lowest BCUT2D eigenvalue weighted by molar-refractivity contribution is -0.137. The van der Waals surface area contributed by atoms with Crippen LogP contribution in [-0.4, -0.2) is 40.8 Å². The quantitative estimate of drug-likeness (QED) is 0.690. The Morgan fingerprint density at radius 2 is 1.74 bits per heavy atom. The number of carbonyl (C=O) groups excluding carboxylic acids is 2. The van der Waals surface area contributed by atoms with Gasteiger partial charge in [-0.1, -0.05) is 0 Å². The average Bonchev–Trinajstić information content (AvgIpc) is 2.11. The number of aliphatic carboxylic acids is 1. The highest BCUT2D eigenvalue weighted by Gasteiger charge is 2.25. The Balaban J connectivity index is 4.54. The lowest BCUT2D eigenvalue weighted by Crippen LogP contribution is -2.51. The van der Waals surface area contributed by atoms with Crippen LogP contribution >= 0.6 is 0 Å². The van der Waals surface area contributed by atoms with Gasteiger partial charge in [-0.25, -0.2) is 4.79 Å². The topological polar surface area (TPSA) is 105 Å². The molecule has 0 aliphatic carbocycles. The van der Waals surface area contributed by atoms with E-state index < -0.39 is 29.7 Å². The molecule has 0 spiro atoms. The SMILES string of the molecule is CC(=O)NC(CC(=O)O)C(C)NC(=O)OC(C)(C)C. The molecule has 19 heavy (non-hydrogen) atoms. The zero-order chi connectivity index (χ0) is 15.2. The summed E-state index contributed by atoms with van der Waals surface area (Å²) in [5.74, 6) is -1.42. The largest absolute Gasteiger partial charge is 0.481 e. The second-order valence-corrected chi connectivity index (χ2v) is 5.34. The lowest BCUT2D eigenvalue weighted by Gasteiger charge is -2.26. The first kappa shape index (κ1) is 17.2. The molecule has 2 amide bonds. The number of carboxylic acids is 1. The predicted molar refractivity (Wildman–Crippen MR) is 68.7 cm³/mol. The summed E-state index contributed by atoms with van der Waals surface area (Å²) in [7, 11) is 0. The molecular weight excluding hydrogens is 252 g/mol. The van der Waals surface area contributed by atoms with Crippen LogP contribution in [0.25, 0.3) is 0 Å². The molecule has 0 radical (unpaired) electrons. The van der Waals surface area contributed by atoms with Gasteiger partial charge in [0.15, 0.2) is 0 Å². The third-order valence-corrected chi connectivity index (χ3v) is 2.13. The smallest absolute Gasteiger partial charge is 0.407 e. The van der Waals surface area contributed by atoms with E-state index in [1.54, 1.807) is 27.7 Å². The fraction of sp³-hybridized carbons (Fsp3) is 0.750. The summed E-state index contributed by atoms with van der Waals surface area (Å²) in [5.41, 5.74) is -0.639. The normalized spacial score (nSPS) is 14.2. The molecule has 0 saturated heterocycles. The summed E-state index contributed by atoms with van der Waals surface area (Å²) < 4.78 is 5.06. The van der Waals surface area contributed by atoms with E-state index in [4.69, 9.17) is 9.84 Å². The molecule has 0 aliphatic heterocycles. The van der Waals surface area contributed by atoms with E-state index in [1.165, 1.54) is 6.92 Å². The van der Waals surface area contributed by atoms with E-state index >= 15 is 0 Å². The van der Waals surface area contributed by atoms with Crippen LogP contribution in [0.15, 0.2) is 0 Å². The summed E-state index contributed by atoms with van der Waals surface area (Å²) in [6.07, 6.45) is -0.933. The monoisotopic (exact) mass is 274 g/mol. The van der Waals surface area contributed by atoms with Gasteiger partial charge in [0, 0.05) is 6.92 Å². The number of hydrogen-bond donors (Lipinski definition) is 3. The Labute approximate surface area is 112 Å². The van der Waals surface area contributed by atoms with Crippen molar-refractivity contribution in [1.29, 1.82) is 0 Å². The van der Waals surface area contributed by atoms with Crippen LogP contribution in [0, 0.1) is 0 Å². The number of amides is 2. The van der Waals surface area contributed by atoms with Gasteiger partial charge in [-0.05, 0) is 27.7 Å². The Morgan fingerprint density at radius 3 is 2.11 bits per heavy atom. The van der Waals surface area contributed by atoms with E-state index in [0.29, 0.717) is 0 Å². The van der Waals surface area contributed by atoms with Crippen LogP contribution in [0.5, 0.6) is 0 Å². The van der Waals surface area contributed by atoms with Gasteiger partial charge < -0.3 is 20.5 Å². The Hall–Kier alpha value is -1.79. The molecule has 0 bridgehead atoms. The molecular formula is C12H22N2O5. The minimum atomic E-state index is -1.06. The van der Waals surface area contributed by atoms with Crippen molar-refractivity contribution in [2.24, 2.45) is 0 Å². The van der Waals surface area contributed by atoms with Crippen molar-refractivity contribution in [3.8, 4) is 0 Å². The van der Waals surface area contributed by atoms with Gasteiger partial charge in [-0.15, -0.1) is 0 Å². The first-order valence-electron chi connectivity index (χ1n) is 5.99. The maximum Gasteiger partial charge on any atom is 0.407 e. The molecule has 0 aromatic rings. The molecule has 0 aliphatic rings. The molecule has 0 fully saturated rings. The molecule has 0 heterocycles. The zero-order valence-electron chi connectivity index (χ0n) is 11.9. The van der Waals surface area contributed by atoms with Crippen LogP contribution in [0.1, 0.15) is 41.0 Å². The van der Waals surface area contributed by atoms with Crippen LogP contribution in [0.2, 0.25) is 0 Å². The molecule has 2 unspecified atom stereocenters. The van der Waals surface area contributed by atoms with Crippen molar-refractivity contribution < 1.29 is 24.2 Å². The standard InChI is InChI=1S/C12H22N2O5/c1-7(13-11(18)19-12(3,4)5)9(6-10(16)17)14-8(2)15/h7,9H,6H2,1-5H3,(H,13,18)(H,14,15)(H,16,17). The van der Waals surface area contributed by atoms with Crippen molar-refractivity contribution in [2.45, 2.75) is 58.7 Å². The van der Waals surface area contributed by atoms with Crippen molar-refractivity contribution >= 4 is 18.0 Å². The van der Waals surface area contributed by atoms with Crippen LogP contribution in [0.4, 0.5) is 4.79 Å². The van der Waals surface area contributed by atoms with E-state index in [2.05, 4.69) is 10.6 Å². The van der Waals surface area contributed by atoms with Gasteiger partial charge in [0.25, 0.3) is 0 Å². The molecule has 0 saturated carbocycles. The molecule has 110 valence electrons. The van der Waals surface area contributed by atoms with E-state index in [-0.39, 0.29) is 12.3 Å². The maximum absolute atomic E-state index is 11.6. The molecule has 7 nitrogen and oxygen atoms in total. The Bertz CT molecular complexity index is 333. The number of hydrogen-bond acceptors (Lipinski definition) is 4. The van der Waals surface area contributed by atoms with Gasteiger partial charge >= 0.3 is 12.1 Å². The predicted octanol–water partition coefficient (Wildman–Crippen LogP) is 0.879. The summed E-state index contributed by atoms with van der Waals surface area (Å²) in [4.78, 5) is 33.3. The molecule has 0 aromatic heterocycles. The van der Waals surface area contributed by atoms with Crippen molar-refractivity contribution in [3.63, 3.8) is 0 Å². The van der Waals surface area contributed by atoms with E-state index in [9.17, 15) is 14.4 Å². The van der Waals surface area contributed by atoms with Crippen molar-refractivity contribution in [3.05, 3.63) is 0 Å². The number of carboxylic acid groups (broad SMARTS) is 1. The minimum Gasteiger partial charge on any atom is -0.481 e. The van der Waals surface area contributed by atoms with E-state index in [1.807, 2.05) is 0 Å². The van der Waals surface area contributed by atoms with Gasteiger partial charge in [-0.3, -0.25) is 9.59 Å². The number of ether oxygens (including phenoxy) is 1. The van der Waals surface area contributed by atoms with Crippen LogP contribution in [0.3, 0.4) is 0 Å². The third-order valence-electron chi connectivity index (χ3n) is 2.13. The summed E-state index contributed by atoms with van der Waals surface area (Å²) in [6, 6.07) is -1.25. The molecule has 0 aromatic carbocycles. The Morgan fingerprint density at radius 1 is 1.21 bits per heavy atom. The molecule has 7 heteroatoms. The summed E-state index contributed by atoms with van der Waals surface area (Å²) in [5, 5.41) is 13.8. The molecule has 3 N–H and O–H groups in total. The summed E-state index contributed by atoms with van der Waals surface area (Å²) in [6.45, 7) is 8.06. The number of nitrogens with one attached hydrogen (secondary N) is 2. The minimum absolute atomic E-state index is 0.281. The second-order valence-electron chi connectivity index (χ2n) is 5.34. The van der Waals surface area contributed by atoms with Crippen molar-refractivity contribution in [2.75, 3.05) is 0 Å². The number of rotatable bonds is 5. The van der Waals surface area contributed by atoms with Crippen LogP contribution in [-0.2, 0) is 14.3 Å². The molecule has 2 atom stereocenters. The Kier molecular flexibility index (Phi) is 6.31. The first-order chi connectivity index (χ1) is 8.51. The average molecular weight is 274 g/mol. The first-order valence-corrected chi connectivity index (χ1v) is 5.99. The molecule has 0 rings (SSSR count). The lowest BCUT2D eigenvalue weighted by atomic mass is 10.1. The van der Waals surface area contributed by atoms with Gasteiger partial charge in [0.2, 0.25) is 5.91 Å². The maximum atomic E-state index is 11.6. The van der Waals surface area contributed by atoms with Gasteiger partial charge in [0.05, 0.1) is 18.5 Å². The zero-order valence-corrected chi connectivity index (χ0v) is 11.9. The van der Waals surface area contributed by atoms with Crippen LogP contribution < -0.4 is 10.6 Å². The third kappa shape index (κ3) is 8.87. The number of carbonyl (C=O) groups is 3. The van der Waals surface area contributed by atoms with E-state index in [0.717, 1.165) is 0 Å².